The molecule has 0 radical (unpaired) electrons. The van der Waals surface area contributed by atoms with Crippen molar-refractivity contribution < 1.29 is 5.11 Å². The zero-order valence-corrected chi connectivity index (χ0v) is 13.4. The molecule has 3 rings (SSSR count). The molecule has 0 heterocycles. The molecule has 0 fully saturated rings. The zero-order valence-electron chi connectivity index (χ0n) is 13.4. The molecule has 118 valence electrons. The third-order valence-electron chi connectivity index (χ3n) is 4.26. The van der Waals surface area contributed by atoms with E-state index < -0.39 is 0 Å². The number of hydrogen-bond donors (Lipinski definition) is 2. The SMILES string of the molecule is CC(NCC(O)Cc1ccccc1)c1cccc2ccccc12. The number of nitrogens with one attached hydrogen (secondary N) is 1. The van der Waals surface area contributed by atoms with Crippen LogP contribution in [0.2, 0.25) is 0 Å². The predicted molar refractivity (Wildman–Crippen MR) is 96.5 cm³/mol. The van der Waals surface area contributed by atoms with E-state index in [1.807, 2.05) is 18.2 Å². The molecule has 0 amide bonds. The maximum Gasteiger partial charge on any atom is 0.0705 e. The van der Waals surface area contributed by atoms with Crippen molar-refractivity contribution in [2.45, 2.75) is 25.5 Å². The van der Waals surface area contributed by atoms with E-state index in [0.29, 0.717) is 13.0 Å². The van der Waals surface area contributed by atoms with Crippen molar-refractivity contribution in [1.82, 2.24) is 5.32 Å². The van der Waals surface area contributed by atoms with E-state index in [4.69, 9.17) is 0 Å². The lowest BCUT2D eigenvalue weighted by Gasteiger charge is -2.19. The van der Waals surface area contributed by atoms with Crippen molar-refractivity contribution in [1.29, 1.82) is 0 Å². The Morgan fingerprint density at radius 3 is 2.39 bits per heavy atom. The van der Waals surface area contributed by atoms with E-state index in [9.17, 15) is 5.11 Å². The molecule has 2 nitrogen and oxygen atoms in total. The number of hydrogen-bond acceptors (Lipinski definition) is 2. The van der Waals surface area contributed by atoms with Crippen LogP contribution in [0.25, 0.3) is 10.8 Å². The van der Waals surface area contributed by atoms with Gasteiger partial charge < -0.3 is 10.4 Å². The standard InChI is InChI=1S/C21H23NO/c1-16(20-13-7-11-18-10-5-6-12-21(18)20)22-15-19(23)14-17-8-3-2-4-9-17/h2-13,16,19,22-23H,14-15H2,1H3. The monoisotopic (exact) mass is 305 g/mol. The lowest BCUT2D eigenvalue weighted by Crippen LogP contribution is -2.30. The smallest absolute Gasteiger partial charge is 0.0705 e. The van der Waals surface area contributed by atoms with Crippen LogP contribution in [0.15, 0.2) is 72.8 Å². The van der Waals surface area contributed by atoms with Gasteiger partial charge in [0.1, 0.15) is 0 Å². The number of benzene rings is 3. The van der Waals surface area contributed by atoms with E-state index in [1.165, 1.54) is 21.9 Å². The highest BCUT2D eigenvalue weighted by molar-refractivity contribution is 5.86. The molecule has 3 aromatic rings. The van der Waals surface area contributed by atoms with Crippen molar-refractivity contribution in [3.8, 4) is 0 Å². The lowest BCUT2D eigenvalue weighted by atomic mass is 9.99. The highest BCUT2D eigenvalue weighted by Gasteiger charge is 2.11. The summed E-state index contributed by atoms with van der Waals surface area (Å²) in [5.74, 6) is 0. The van der Waals surface area contributed by atoms with Gasteiger partial charge in [-0.3, -0.25) is 0 Å². The molecular weight excluding hydrogens is 282 g/mol. The summed E-state index contributed by atoms with van der Waals surface area (Å²) in [5.41, 5.74) is 2.44. The summed E-state index contributed by atoms with van der Waals surface area (Å²) in [6.07, 6.45) is 0.297. The van der Waals surface area contributed by atoms with Crippen molar-refractivity contribution in [2.24, 2.45) is 0 Å². The van der Waals surface area contributed by atoms with Gasteiger partial charge in [0, 0.05) is 12.6 Å². The molecule has 0 saturated heterocycles. The Hall–Kier alpha value is -2.16. The summed E-state index contributed by atoms with van der Waals surface area (Å²) in [4.78, 5) is 0. The van der Waals surface area contributed by atoms with Crippen molar-refractivity contribution >= 4 is 10.8 Å². The topological polar surface area (TPSA) is 32.3 Å². The molecule has 2 unspecified atom stereocenters. The predicted octanol–water partition coefficient (Wildman–Crippen LogP) is 4.09. The van der Waals surface area contributed by atoms with Gasteiger partial charge >= 0.3 is 0 Å². The van der Waals surface area contributed by atoms with E-state index in [0.717, 1.165) is 0 Å². The Labute approximate surface area is 137 Å². The van der Waals surface area contributed by atoms with Gasteiger partial charge in [0.2, 0.25) is 0 Å². The average Bonchev–Trinajstić information content (AvgIpc) is 2.60. The first-order valence-corrected chi connectivity index (χ1v) is 8.17. The Morgan fingerprint density at radius 2 is 1.57 bits per heavy atom. The van der Waals surface area contributed by atoms with Crippen molar-refractivity contribution in [2.75, 3.05) is 6.54 Å². The first-order valence-electron chi connectivity index (χ1n) is 8.17. The molecule has 23 heavy (non-hydrogen) atoms. The third kappa shape index (κ3) is 3.98. The molecule has 0 saturated carbocycles. The summed E-state index contributed by atoms with van der Waals surface area (Å²) >= 11 is 0. The Morgan fingerprint density at radius 1 is 0.870 bits per heavy atom. The van der Waals surface area contributed by atoms with Crippen LogP contribution < -0.4 is 5.32 Å². The molecule has 0 bridgehead atoms. The highest BCUT2D eigenvalue weighted by Crippen LogP contribution is 2.23. The van der Waals surface area contributed by atoms with Crippen LogP contribution in [-0.4, -0.2) is 17.8 Å². The van der Waals surface area contributed by atoms with Gasteiger partial charge in [-0.05, 0) is 35.2 Å². The number of aliphatic hydroxyl groups is 1. The molecule has 3 aromatic carbocycles. The molecule has 2 N–H and O–H groups in total. The largest absolute Gasteiger partial charge is 0.391 e. The first kappa shape index (κ1) is 15.7. The third-order valence-corrected chi connectivity index (χ3v) is 4.26. The Bertz CT molecular complexity index is 749. The van der Waals surface area contributed by atoms with Gasteiger partial charge in [0.15, 0.2) is 0 Å². The normalized spacial score (nSPS) is 13.8. The van der Waals surface area contributed by atoms with Crippen LogP contribution in [0, 0.1) is 0 Å². The molecule has 0 aromatic heterocycles. The van der Waals surface area contributed by atoms with Gasteiger partial charge in [-0.15, -0.1) is 0 Å². The molecule has 2 heteroatoms. The van der Waals surface area contributed by atoms with E-state index in [1.54, 1.807) is 0 Å². The fourth-order valence-electron chi connectivity index (χ4n) is 3.01. The number of rotatable bonds is 6. The molecule has 0 aliphatic carbocycles. The molecule has 2 atom stereocenters. The van der Waals surface area contributed by atoms with E-state index in [-0.39, 0.29) is 12.1 Å². The minimum absolute atomic E-state index is 0.200. The summed E-state index contributed by atoms with van der Waals surface area (Å²) in [6, 6.07) is 25.1. The first-order chi connectivity index (χ1) is 11.2. The number of aliphatic hydroxyl groups excluding tert-OH is 1. The van der Waals surface area contributed by atoms with Crippen LogP contribution in [0.4, 0.5) is 0 Å². The van der Waals surface area contributed by atoms with Crippen LogP contribution in [-0.2, 0) is 6.42 Å². The minimum atomic E-state index is -0.380. The van der Waals surface area contributed by atoms with Gasteiger partial charge in [0.25, 0.3) is 0 Å². The van der Waals surface area contributed by atoms with E-state index in [2.05, 4.69) is 66.8 Å². The Kier molecular flexibility index (Phi) is 5.06. The van der Waals surface area contributed by atoms with E-state index >= 15 is 0 Å². The van der Waals surface area contributed by atoms with Crippen molar-refractivity contribution in [3.63, 3.8) is 0 Å². The summed E-state index contributed by atoms with van der Waals surface area (Å²) in [7, 11) is 0. The molecular formula is C21H23NO. The fourth-order valence-corrected chi connectivity index (χ4v) is 3.01. The Balaban J connectivity index is 1.63. The van der Waals surface area contributed by atoms with Crippen LogP contribution in [0.3, 0.4) is 0 Å². The minimum Gasteiger partial charge on any atom is -0.391 e. The van der Waals surface area contributed by atoms with Gasteiger partial charge in [-0.25, -0.2) is 0 Å². The number of fused-ring (bicyclic) bond motifs is 1. The van der Waals surface area contributed by atoms with Gasteiger partial charge in [-0.1, -0.05) is 72.8 Å². The van der Waals surface area contributed by atoms with Crippen molar-refractivity contribution in [3.05, 3.63) is 83.9 Å². The highest BCUT2D eigenvalue weighted by atomic mass is 16.3. The zero-order chi connectivity index (χ0) is 16.1. The maximum atomic E-state index is 10.2. The quantitative estimate of drug-likeness (QED) is 0.719. The average molecular weight is 305 g/mol. The van der Waals surface area contributed by atoms with Crippen LogP contribution >= 0.6 is 0 Å². The summed E-state index contributed by atoms with van der Waals surface area (Å²) < 4.78 is 0. The van der Waals surface area contributed by atoms with Crippen LogP contribution in [0.5, 0.6) is 0 Å². The van der Waals surface area contributed by atoms with Gasteiger partial charge in [-0.2, -0.15) is 0 Å². The second-order valence-electron chi connectivity index (χ2n) is 6.04. The maximum absolute atomic E-state index is 10.2. The molecule has 0 aliphatic heterocycles. The molecule has 0 spiro atoms. The second-order valence-corrected chi connectivity index (χ2v) is 6.04. The fraction of sp³-hybridized carbons (Fsp3) is 0.238. The summed E-state index contributed by atoms with van der Waals surface area (Å²) in [6.45, 7) is 2.73. The lowest BCUT2D eigenvalue weighted by molar-refractivity contribution is 0.168. The second kappa shape index (κ2) is 7.40. The van der Waals surface area contributed by atoms with Gasteiger partial charge in [0.05, 0.1) is 6.10 Å². The van der Waals surface area contributed by atoms with Crippen LogP contribution in [0.1, 0.15) is 24.1 Å². The molecule has 0 aliphatic rings. The summed E-state index contributed by atoms with van der Waals surface area (Å²) in [5, 5.41) is 16.2.